The Kier molecular flexibility index (Phi) is 4.17. The number of benzene rings is 1. The van der Waals surface area contributed by atoms with Crippen LogP contribution in [0.4, 0.5) is 5.69 Å². The molecule has 1 aromatic rings. The van der Waals surface area contributed by atoms with Gasteiger partial charge in [0.2, 0.25) is 5.91 Å². The molecule has 1 aromatic carbocycles. The molecule has 0 atom stereocenters. The summed E-state index contributed by atoms with van der Waals surface area (Å²) >= 11 is 0. The number of esters is 1. The number of Topliss-reactive ketones (excluding diaryl/α,β-unsaturated/α-hetero) is 1. The summed E-state index contributed by atoms with van der Waals surface area (Å²) in [7, 11) is 1.30. The lowest BCUT2D eigenvalue weighted by atomic mass is 10.0. The second-order valence-electron chi connectivity index (χ2n) is 4.76. The van der Waals surface area contributed by atoms with Crippen molar-refractivity contribution in [1.82, 2.24) is 0 Å². The third kappa shape index (κ3) is 2.87. The molecule has 0 N–H and O–H groups in total. The summed E-state index contributed by atoms with van der Waals surface area (Å²) in [5, 5.41) is 0. The lowest BCUT2D eigenvalue weighted by Crippen LogP contribution is -2.25. The van der Waals surface area contributed by atoms with Crippen molar-refractivity contribution in [3.05, 3.63) is 29.3 Å². The molecule has 106 valence electrons. The number of rotatable bonds is 4. The molecular formula is C15H17NO4. The average Bonchev–Trinajstić information content (AvgIpc) is 2.87. The van der Waals surface area contributed by atoms with Gasteiger partial charge in [-0.1, -0.05) is 0 Å². The van der Waals surface area contributed by atoms with Crippen molar-refractivity contribution < 1.29 is 19.1 Å². The molecule has 0 unspecified atom stereocenters. The molecule has 0 spiro atoms. The number of anilines is 1. The minimum atomic E-state index is -0.387. The summed E-state index contributed by atoms with van der Waals surface area (Å²) in [6.07, 6.45) is 0.987. The quantitative estimate of drug-likeness (QED) is 0.620. The minimum Gasteiger partial charge on any atom is -0.469 e. The van der Waals surface area contributed by atoms with Crippen molar-refractivity contribution >= 4 is 23.3 Å². The number of methoxy groups -OCH3 is 1. The molecular weight excluding hydrogens is 258 g/mol. The predicted octanol–water partition coefficient (Wildman–Crippen LogP) is 1.73. The van der Waals surface area contributed by atoms with E-state index in [0.29, 0.717) is 12.1 Å². The third-order valence-corrected chi connectivity index (χ3v) is 3.46. The highest BCUT2D eigenvalue weighted by Gasteiger charge is 2.23. The van der Waals surface area contributed by atoms with Crippen molar-refractivity contribution in [2.24, 2.45) is 0 Å². The monoisotopic (exact) mass is 275 g/mol. The van der Waals surface area contributed by atoms with E-state index in [1.165, 1.54) is 14.0 Å². The number of hydrogen-bond acceptors (Lipinski definition) is 4. The van der Waals surface area contributed by atoms with Gasteiger partial charge in [-0.05, 0) is 30.2 Å². The van der Waals surface area contributed by atoms with Crippen LogP contribution in [0.1, 0.15) is 35.7 Å². The Balaban J connectivity index is 2.10. The average molecular weight is 275 g/mol. The number of nitrogens with zero attached hydrogens (tertiary/aromatic N) is 1. The number of carbonyl (C=O) groups excluding carboxylic acids is 3. The molecule has 1 amide bonds. The molecule has 5 heteroatoms. The third-order valence-electron chi connectivity index (χ3n) is 3.46. The molecule has 1 aliphatic rings. The Hall–Kier alpha value is -2.17. The van der Waals surface area contributed by atoms with E-state index in [1.807, 2.05) is 6.07 Å². The van der Waals surface area contributed by atoms with E-state index in [-0.39, 0.29) is 30.5 Å². The summed E-state index contributed by atoms with van der Waals surface area (Å²) in [4.78, 5) is 36.2. The van der Waals surface area contributed by atoms with Crippen molar-refractivity contribution in [2.75, 3.05) is 18.6 Å². The van der Waals surface area contributed by atoms with Gasteiger partial charge >= 0.3 is 5.97 Å². The second-order valence-corrected chi connectivity index (χ2v) is 4.76. The van der Waals surface area contributed by atoms with E-state index in [0.717, 1.165) is 17.7 Å². The summed E-state index contributed by atoms with van der Waals surface area (Å²) < 4.78 is 4.52. The molecule has 0 saturated heterocycles. The van der Waals surface area contributed by atoms with Crippen LogP contribution >= 0.6 is 0 Å². The molecule has 1 aliphatic heterocycles. The maximum absolute atomic E-state index is 12.0. The van der Waals surface area contributed by atoms with Crippen LogP contribution in [0.25, 0.3) is 0 Å². The number of ketones is 1. The van der Waals surface area contributed by atoms with Crippen LogP contribution in [-0.2, 0) is 20.7 Å². The van der Waals surface area contributed by atoms with Gasteiger partial charge < -0.3 is 9.64 Å². The van der Waals surface area contributed by atoms with Crippen LogP contribution in [0.15, 0.2) is 18.2 Å². The normalized spacial score (nSPS) is 13.0. The lowest BCUT2D eigenvalue weighted by molar-refractivity contribution is -0.140. The van der Waals surface area contributed by atoms with Gasteiger partial charge in [0.15, 0.2) is 5.78 Å². The fourth-order valence-electron chi connectivity index (χ4n) is 2.36. The zero-order chi connectivity index (χ0) is 14.7. The van der Waals surface area contributed by atoms with Crippen molar-refractivity contribution in [2.45, 2.75) is 26.2 Å². The number of ether oxygens (including phenoxy) is 1. The first-order valence-electron chi connectivity index (χ1n) is 6.54. The molecule has 5 nitrogen and oxygen atoms in total. The van der Waals surface area contributed by atoms with E-state index in [1.54, 1.807) is 17.0 Å². The fourth-order valence-corrected chi connectivity index (χ4v) is 2.36. The molecule has 1 heterocycles. The van der Waals surface area contributed by atoms with E-state index in [9.17, 15) is 14.4 Å². The number of hydrogen-bond donors (Lipinski definition) is 0. The molecule has 0 saturated carbocycles. The van der Waals surface area contributed by atoms with Gasteiger partial charge in [0.1, 0.15) is 0 Å². The van der Waals surface area contributed by atoms with E-state index in [4.69, 9.17) is 0 Å². The number of fused-ring (bicyclic) bond motifs is 1. The Morgan fingerprint density at radius 2 is 2.00 bits per heavy atom. The summed E-state index contributed by atoms with van der Waals surface area (Å²) in [5.41, 5.74) is 2.46. The zero-order valence-electron chi connectivity index (χ0n) is 11.6. The number of carbonyl (C=O) groups is 3. The highest BCUT2D eigenvalue weighted by molar-refractivity contribution is 5.99. The van der Waals surface area contributed by atoms with Gasteiger partial charge in [0, 0.05) is 31.1 Å². The van der Waals surface area contributed by atoms with Crippen molar-refractivity contribution in [3.8, 4) is 0 Å². The lowest BCUT2D eigenvalue weighted by Gasteiger charge is -2.14. The Morgan fingerprint density at radius 1 is 1.25 bits per heavy atom. The molecule has 20 heavy (non-hydrogen) atoms. The first-order valence-corrected chi connectivity index (χ1v) is 6.54. The maximum atomic E-state index is 12.0. The minimum absolute atomic E-state index is 0.00789. The first-order chi connectivity index (χ1) is 9.52. The van der Waals surface area contributed by atoms with Gasteiger partial charge in [-0.15, -0.1) is 0 Å². The van der Waals surface area contributed by atoms with Crippen LogP contribution in [0.2, 0.25) is 0 Å². The van der Waals surface area contributed by atoms with Gasteiger partial charge in [0.25, 0.3) is 0 Å². The predicted molar refractivity (Wildman–Crippen MR) is 73.8 cm³/mol. The Labute approximate surface area is 117 Å². The zero-order valence-corrected chi connectivity index (χ0v) is 11.6. The first kappa shape index (κ1) is 14.2. The topological polar surface area (TPSA) is 63.7 Å². The smallest absolute Gasteiger partial charge is 0.305 e. The maximum Gasteiger partial charge on any atom is 0.305 e. The van der Waals surface area contributed by atoms with Crippen molar-refractivity contribution in [1.29, 1.82) is 0 Å². The highest BCUT2D eigenvalue weighted by atomic mass is 16.5. The van der Waals surface area contributed by atoms with E-state index < -0.39 is 0 Å². The van der Waals surface area contributed by atoms with Crippen LogP contribution < -0.4 is 4.90 Å². The molecule has 0 radical (unpaired) electrons. The van der Waals surface area contributed by atoms with Crippen LogP contribution in [0.3, 0.4) is 0 Å². The van der Waals surface area contributed by atoms with E-state index >= 15 is 0 Å². The van der Waals surface area contributed by atoms with Gasteiger partial charge in [-0.3, -0.25) is 14.4 Å². The molecule has 0 bridgehead atoms. The Morgan fingerprint density at radius 3 is 2.65 bits per heavy atom. The molecule has 0 aromatic heterocycles. The highest BCUT2D eigenvalue weighted by Crippen LogP contribution is 2.29. The van der Waals surface area contributed by atoms with Crippen molar-refractivity contribution in [3.63, 3.8) is 0 Å². The van der Waals surface area contributed by atoms with E-state index in [2.05, 4.69) is 4.74 Å². The molecule has 0 fully saturated rings. The standard InChI is InChI=1S/C15H17NO4/c1-10(17)16-8-7-11-9-12(3-4-13(11)16)14(18)5-6-15(19)20-2/h3-4,9H,5-8H2,1-2H3. The van der Waals surface area contributed by atoms with Crippen LogP contribution in [-0.4, -0.2) is 31.3 Å². The second kappa shape index (κ2) is 5.86. The summed E-state index contributed by atoms with van der Waals surface area (Å²) in [5.74, 6) is -0.463. The molecule has 2 rings (SSSR count). The van der Waals surface area contributed by atoms with Gasteiger partial charge in [0.05, 0.1) is 13.5 Å². The van der Waals surface area contributed by atoms with Crippen LogP contribution in [0, 0.1) is 0 Å². The SMILES string of the molecule is COC(=O)CCC(=O)c1ccc2c(c1)CCN2C(C)=O. The largest absolute Gasteiger partial charge is 0.469 e. The Bertz CT molecular complexity index is 565. The van der Waals surface area contributed by atoms with Crippen LogP contribution in [0.5, 0.6) is 0 Å². The molecule has 0 aliphatic carbocycles. The fraction of sp³-hybridized carbons (Fsp3) is 0.400. The van der Waals surface area contributed by atoms with Gasteiger partial charge in [-0.2, -0.15) is 0 Å². The van der Waals surface area contributed by atoms with Gasteiger partial charge in [-0.25, -0.2) is 0 Å². The number of amides is 1. The summed E-state index contributed by atoms with van der Waals surface area (Å²) in [6, 6.07) is 5.33. The summed E-state index contributed by atoms with van der Waals surface area (Å²) in [6.45, 7) is 2.19.